The number of aliphatic hydroxyl groups is 2. The molecule has 4 nitrogen and oxygen atoms in total. The van der Waals surface area contributed by atoms with Crippen LogP contribution in [0.4, 0.5) is 0 Å². The van der Waals surface area contributed by atoms with Crippen molar-refractivity contribution in [3.05, 3.63) is 0 Å². The van der Waals surface area contributed by atoms with Crippen molar-refractivity contribution in [2.24, 2.45) is 46.3 Å². The fraction of sp³-hybridized carbons (Fsp3) is 0.958. The van der Waals surface area contributed by atoms with Crippen LogP contribution in [0.25, 0.3) is 0 Å². The summed E-state index contributed by atoms with van der Waals surface area (Å²) in [6.45, 7) is 6.99. The summed E-state index contributed by atoms with van der Waals surface area (Å²) in [4.78, 5) is 11.1. The zero-order valence-corrected chi connectivity index (χ0v) is 17.9. The van der Waals surface area contributed by atoms with Crippen molar-refractivity contribution in [1.29, 1.82) is 0 Å². The van der Waals surface area contributed by atoms with Gasteiger partial charge in [-0.3, -0.25) is 4.79 Å². The Kier molecular flexibility index (Phi) is 5.36. The summed E-state index contributed by atoms with van der Waals surface area (Å²) < 4.78 is 0. The lowest BCUT2D eigenvalue weighted by atomic mass is 9.43. The van der Waals surface area contributed by atoms with E-state index in [1.807, 2.05) is 0 Å². The minimum Gasteiger partial charge on any atom is -0.481 e. The number of rotatable bonds is 4. The third kappa shape index (κ3) is 3.05. The van der Waals surface area contributed by atoms with Gasteiger partial charge >= 0.3 is 5.97 Å². The Labute approximate surface area is 170 Å². The first-order valence-corrected chi connectivity index (χ1v) is 11.8. The molecule has 0 aromatic heterocycles. The van der Waals surface area contributed by atoms with Crippen LogP contribution in [-0.2, 0) is 4.79 Å². The Hall–Kier alpha value is -0.610. The smallest absolute Gasteiger partial charge is 0.303 e. The van der Waals surface area contributed by atoms with Crippen molar-refractivity contribution in [2.75, 3.05) is 0 Å². The number of fused-ring (bicyclic) bond motifs is 5. The van der Waals surface area contributed by atoms with Gasteiger partial charge in [-0.05, 0) is 104 Å². The summed E-state index contributed by atoms with van der Waals surface area (Å²) in [6, 6.07) is 0. The van der Waals surface area contributed by atoms with Crippen LogP contribution in [0.15, 0.2) is 0 Å². The summed E-state index contributed by atoms with van der Waals surface area (Å²) in [5.41, 5.74) is 0.216. The highest BCUT2D eigenvalue weighted by Crippen LogP contribution is 2.68. The molecule has 4 heteroatoms. The van der Waals surface area contributed by atoms with E-state index in [1.54, 1.807) is 0 Å². The molecule has 4 saturated carbocycles. The first kappa shape index (κ1) is 20.7. The van der Waals surface area contributed by atoms with Gasteiger partial charge in [0, 0.05) is 6.42 Å². The standard InChI is InChI=1S/C24H40O4/c1-14(4-9-22(27)28)18-7-8-19-17-6-5-15-12-16(25)10-11-23(15,2)20(17)13-21(26)24(18,19)3/h14-21,25-26H,4-13H2,1-3H3,(H,27,28)/t14-,15-,16-,17+,18-,19+,20+,21+,23+,24-/m1/s1/i22+2. The maximum absolute atomic E-state index is 11.5. The van der Waals surface area contributed by atoms with Crippen LogP contribution in [0.3, 0.4) is 0 Å². The Balaban J connectivity index is 1.56. The number of carboxylic acids is 1. The number of carbonyl (C=O) groups is 1. The van der Waals surface area contributed by atoms with Crippen molar-refractivity contribution in [1.82, 2.24) is 0 Å². The summed E-state index contributed by atoms with van der Waals surface area (Å²) in [7, 11) is 0. The van der Waals surface area contributed by atoms with E-state index in [9.17, 15) is 15.0 Å². The van der Waals surface area contributed by atoms with Crippen LogP contribution in [0, 0.1) is 46.3 Å². The molecule has 10 atom stereocenters. The van der Waals surface area contributed by atoms with Crippen molar-refractivity contribution >= 4 is 5.97 Å². The minimum absolute atomic E-state index is 0.0591. The van der Waals surface area contributed by atoms with Crippen LogP contribution < -0.4 is 0 Å². The summed E-state index contributed by atoms with van der Waals surface area (Å²) in [6.07, 6.45) is 9.26. The van der Waals surface area contributed by atoms with Crippen molar-refractivity contribution in [3.8, 4) is 0 Å². The zero-order valence-electron chi connectivity index (χ0n) is 17.9. The molecule has 0 heterocycles. The summed E-state index contributed by atoms with van der Waals surface area (Å²) >= 11 is 0. The minimum atomic E-state index is -0.707. The molecule has 160 valence electrons. The summed E-state index contributed by atoms with van der Waals surface area (Å²) in [5, 5.41) is 30.8. The topological polar surface area (TPSA) is 77.8 Å². The van der Waals surface area contributed by atoms with E-state index in [-0.39, 0.29) is 29.5 Å². The predicted molar refractivity (Wildman–Crippen MR) is 109 cm³/mol. The van der Waals surface area contributed by atoms with Crippen molar-refractivity contribution in [3.63, 3.8) is 0 Å². The predicted octanol–water partition coefficient (Wildman–Crippen LogP) is 4.48. The molecular weight excluding hydrogens is 354 g/mol. The van der Waals surface area contributed by atoms with Gasteiger partial charge in [0.15, 0.2) is 0 Å². The largest absolute Gasteiger partial charge is 0.481 e. The first-order valence-electron chi connectivity index (χ1n) is 11.8. The van der Waals surface area contributed by atoms with Gasteiger partial charge in [-0.1, -0.05) is 20.8 Å². The average molecular weight is 395 g/mol. The average Bonchev–Trinajstić information content (AvgIpc) is 3.00. The Morgan fingerprint density at radius 1 is 1.04 bits per heavy atom. The number of carboxylic acid groups (broad SMARTS) is 1. The van der Waals surface area contributed by atoms with Crippen LogP contribution in [0.5, 0.6) is 0 Å². The Morgan fingerprint density at radius 2 is 1.79 bits per heavy atom. The second-order valence-electron chi connectivity index (χ2n) is 11.3. The molecule has 4 aliphatic rings. The lowest BCUT2D eigenvalue weighted by molar-refractivity contribution is -0.175. The van der Waals surface area contributed by atoms with Crippen LogP contribution >= 0.6 is 0 Å². The third-order valence-electron chi connectivity index (χ3n) is 10.3. The van der Waals surface area contributed by atoms with E-state index >= 15 is 0 Å². The highest BCUT2D eigenvalue weighted by atomic mass is 16.6. The lowest BCUT2D eigenvalue weighted by Gasteiger charge is -2.62. The summed E-state index contributed by atoms with van der Waals surface area (Å²) in [5.74, 6) is 2.55. The Morgan fingerprint density at radius 3 is 2.50 bits per heavy atom. The molecule has 0 aliphatic heterocycles. The SMILES string of the molecule is C[C@H](CC[14C](=O)O)[C@H]1CC[C@H]2[C@@H]3CC[C@@H]4C[C@H](O)CC[C@]4(C)[C@H]3C[C@H](O)[C@]12C. The van der Waals surface area contributed by atoms with Crippen molar-refractivity contribution in [2.45, 2.75) is 97.2 Å². The molecule has 0 saturated heterocycles. The van der Waals surface area contributed by atoms with Crippen LogP contribution in [-0.4, -0.2) is 33.5 Å². The van der Waals surface area contributed by atoms with E-state index in [4.69, 9.17) is 5.11 Å². The fourth-order valence-corrected chi connectivity index (χ4v) is 8.71. The first-order chi connectivity index (χ1) is 13.2. The van der Waals surface area contributed by atoms with Gasteiger partial charge in [0.1, 0.15) is 0 Å². The normalized spacial score (nSPS) is 51.7. The molecule has 0 unspecified atom stereocenters. The van der Waals surface area contributed by atoms with Gasteiger partial charge in [-0.25, -0.2) is 0 Å². The zero-order chi connectivity index (χ0) is 20.3. The molecule has 0 amide bonds. The number of hydrogen-bond acceptors (Lipinski definition) is 3. The quantitative estimate of drug-likeness (QED) is 0.657. The van der Waals surface area contributed by atoms with Crippen LogP contribution in [0.1, 0.15) is 85.0 Å². The number of hydrogen-bond donors (Lipinski definition) is 3. The highest BCUT2D eigenvalue weighted by Gasteiger charge is 2.63. The molecule has 4 rings (SSSR count). The van der Waals surface area contributed by atoms with Gasteiger partial charge in [-0.15, -0.1) is 0 Å². The number of aliphatic carboxylic acids is 1. The molecule has 4 aliphatic carbocycles. The highest BCUT2D eigenvalue weighted by molar-refractivity contribution is 5.66. The lowest BCUT2D eigenvalue weighted by Crippen LogP contribution is -2.58. The van der Waals surface area contributed by atoms with E-state index < -0.39 is 5.97 Å². The molecule has 0 spiro atoms. The third-order valence-corrected chi connectivity index (χ3v) is 10.3. The van der Waals surface area contributed by atoms with E-state index in [0.717, 1.165) is 38.5 Å². The van der Waals surface area contributed by atoms with Gasteiger partial charge in [0.05, 0.1) is 12.2 Å². The van der Waals surface area contributed by atoms with Crippen LogP contribution in [0.2, 0.25) is 0 Å². The van der Waals surface area contributed by atoms with Gasteiger partial charge in [0.2, 0.25) is 0 Å². The molecule has 0 aromatic rings. The molecule has 28 heavy (non-hydrogen) atoms. The monoisotopic (exact) mass is 394 g/mol. The molecular formula is C24H40O4. The van der Waals surface area contributed by atoms with Crippen molar-refractivity contribution < 1.29 is 20.1 Å². The maximum Gasteiger partial charge on any atom is 0.303 e. The van der Waals surface area contributed by atoms with Gasteiger partial charge in [0.25, 0.3) is 0 Å². The molecule has 0 radical (unpaired) electrons. The second-order valence-corrected chi connectivity index (χ2v) is 11.3. The molecule has 4 fully saturated rings. The van der Waals surface area contributed by atoms with E-state index in [2.05, 4.69) is 20.8 Å². The van der Waals surface area contributed by atoms with Gasteiger partial charge in [-0.2, -0.15) is 0 Å². The number of aliphatic hydroxyl groups excluding tert-OH is 2. The fourth-order valence-electron chi connectivity index (χ4n) is 8.71. The van der Waals surface area contributed by atoms with E-state index in [0.29, 0.717) is 35.5 Å². The maximum atomic E-state index is 11.5. The van der Waals surface area contributed by atoms with Gasteiger partial charge < -0.3 is 15.3 Å². The van der Waals surface area contributed by atoms with E-state index in [1.165, 1.54) is 19.3 Å². The molecule has 0 aromatic carbocycles. The molecule has 0 bridgehead atoms. The molecule has 3 N–H and O–H groups in total. The Bertz CT molecular complexity index is 605. The second kappa shape index (κ2) is 7.27.